The normalized spacial score (nSPS) is 37.5. The van der Waals surface area contributed by atoms with E-state index in [-0.39, 0.29) is 0 Å². The van der Waals surface area contributed by atoms with E-state index in [1.165, 1.54) is 38.5 Å². The van der Waals surface area contributed by atoms with Crippen LogP contribution in [0.2, 0.25) is 0 Å². The van der Waals surface area contributed by atoms with Crippen molar-refractivity contribution >= 4 is 0 Å². The molecule has 13 heavy (non-hydrogen) atoms. The summed E-state index contributed by atoms with van der Waals surface area (Å²) in [4.78, 5) is 0. The van der Waals surface area contributed by atoms with Crippen molar-refractivity contribution in [2.24, 2.45) is 11.8 Å². The van der Waals surface area contributed by atoms with Crippen molar-refractivity contribution in [3.05, 3.63) is 29.7 Å². The van der Waals surface area contributed by atoms with Crippen LogP contribution in [0.4, 0.5) is 0 Å². The maximum atomic E-state index is 2.37. The topological polar surface area (TPSA) is 0 Å². The van der Waals surface area contributed by atoms with Gasteiger partial charge >= 0.3 is 0 Å². The molecule has 0 bridgehead atoms. The monoisotopic (exact) mass is 173 g/mol. The number of fused-ring (bicyclic) bond motifs is 2. The molecule has 69 valence electrons. The SMILES string of the molecule is [CH]1C=CC2=C1C1CCCCC1CC2. The van der Waals surface area contributed by atoms with Gasteiger partial charge in [-0.25, -0.2) is 0 Å². The summed E-state index contributed by atoms with van der Waals surface area (Å²) in [5.41, 5.74) is 3.36. The van der Waals surface area contributed by atoms with Gasteiger partial charge in [-0.1, -0.05) is 30.6 Å². The average Bonchev–Trinajstić information content (AvgIpc) is 2.65. The van der Waals surface area contributed by atoms with Crippen molar-refractivity contribution in [2.75, 3.05) is 0 Å². The molecule has 0 saturated heterocycles. The minimum atomic E-state index is 0.937. The van der Waals surface area contributed by atoms with Crippen LogP contribution in [0.15, 0.2) is 23.3 Å². The number of hydrogen-bond donors (Lipinski definition) is 0. The summed E-state index contributed by atoms with van der Waals surface area (Å²) in [5.74, 6) is 1.97. The van der Waals surface area contributed by atoms with Gasteiger partial charge in [0, 0.05) is 6.42 Å². The highest BCUT2D eigenvalue weighted by molar-refractivity contribution is 5.45. The first-order valence-electron chi connectivity index (χ1n) is 5.69. The Bertz CT molecular complexity index is 270. The van der Waals surface area contributed by atoms with Crippen molar-refractivity contribution in [2.45, 2.75) is 38.5 Å². The third-order valence-corrected chi connectivity index (χ3v) is 4.04. The minimum Gasteiger partial charge on any atom is -0.0761 e. The molecule has 3 rings (SSSR count). The summed E-state index contributed by atoms with van der Waals surface area (Å²) in [5, 5.41) is 0. The number of hydrogen-bond acceptors (Lipinski definition) is 0. The predicted molar refractivity (Wildman–Crippen MR) is 55.1 cm³/mol. The smallest absolute Gasteiger partial charge is 0.00894 e. The second-order valence-corrected chi connectivity index (χ2v) is 4.70. The van der Waals surface area contributed by atoms with Crippen LogP contribution in [0.25, 0.3) is 0 Å². The first-order chi connectivity index (χ1) is 6.45. The van der Waals surface area contributed by atoms with Crippen LogP contribution in [0, 0.1) is 18.3 Å². The zero-order valence-corrected chi connectivity index (χ0v) is 8.13. The number of rotatable bonds is 0. The average molecular weight is 173 g/mol. The molecule has 0 heteroatoms. The highest BCUT2D eigenvalue weighted by Gasteiger charge is 2.33. The molecule has 0 aromatic rings. The molecule has 1 fully saturated rings. The summed E-state index contributed by atoms with van der Waals surface area (Å²) in [6.45, 7) is 0. The lowest BCUT2D eigenvalue weighted by Gasteiger charge is -2.37. The van der Waals surface area contributed by atoms with E-state index in [1.54, 1.807) is 11.1 Å². The first-order valence-corrected chi connectivity index (χ1v) is 5.69. The lowest BCUT2D eigenvalue weighted by molar-refractivity contribution is 0.246. The fourth-order valence-corrected chi connectivity index (χ4v) is 3.36. The highest BCUT2D eigenvalue weighted by atomic mass is 14.4. The molecule has 0 spiro atoms. The molecule has 0 N–H and O–H groups in total. The molecule has 0 amide bonds. The largest absolute Gasteiger partial charge is 0.0761 e. The first kappa shape index (κ1) is 7.84. The van der Waals surface area contributed by atoms with Crippen LogP contribution in [0.1, 0.15) is 38.5 Å². The summed E-state index contributed by atoms with van der Waals surface area (Å²) in [6.07, 6.45) is 15.7. The third-order valence-electron chi connectivity index (χ3n) is 4.04. The fraction of sp³-hybridized carbons (Fsp3) is 0.615. The third kappa shape index (κ3) is 1.19. The van der Waals surface area contributed by atoms with E-state index in [0.29, 0.717) is 0 Å². The summed E-state index contributed by atoms with van der Waals surface area (Å²) in [7, 11) is 0. The van der Waals surface area contributed by atoms with E-state index in [2.05, 4.69) is 18.6 Å². The van der Waals surface area contributed by atoms with Gasteiger partial charge in [0.05, 0.1) is 0 Å². The zero-order chi connectivity index (χ0) is 8.67. The van der Waals surface area contributed by atoms with Crippen LogP contribution in [-0.2, 0) is 0 Å². The Morgan fingerprint density at radius 3 is 3.00 bits per heavy atom. The van der Waals surface area contributed by atoms with Gasteiger partial charge in [-0.3, -0.25) is 0 Å². The summed E-state index contributed by atoms with van der Waals surface area (Å²) < 4.78 is 0. The number of allylic oxidation sites excluding steroid dienone is 4. The Balaban J connectivity index is 1.90. The Hall–Kier alpha value is -0.520. The Labute approximate surface area is 80.7 Å². The van der Waals surface area contributed by atoms with E-state index < -0.39 is 0 Å². The Kier molecular flexibility index (Phi) is 1.81. The van der Waals surface area contributed by atoms with Gasteiger partial charge in [0.1, 0.15) is 0 Å². The van der Waals surface area contributed by atoms with Crippen LogP contribution in [0.5, 0.6) is 0 Å². The Morgan fingerprint density at radius 2 is 2.00 bits per heavy atom. The van der Waals surface area contributed by atoms with E-state index in [0.717, 1.165) is 11.8 Å². The van der Waals surface area contributed by atoms with Gasteiger partial charge in [0.25, 0.3) is 0 Å². The van der Waals surface area contributed by atoms with E-state index >= 15 is 0 Å². The van der Waals surface area contributed by atoms with Gasteiger partial charge in [-0.15, -0.1) is 0 Å². The highest BCUT2D eigenvalue weighted by Crippen LogP contribution is 2.46. The van der Waals surface area contributed by atoms with Gasteiger partial charge in [-0.2, -0.15) is 0 Å². The quantitative estimate of drug-likeness (QED) is 0.524. The van der Waals surface area contributed by atoms with Crippen molar-refractivity contribution < 1.29 is 0 Å². The van der Waals surface area contributed by atoms with Crippen LogP contribution in [0.3, 0.4) is 0 Å². The molecular weight excluding hydrogens is 156 g/mol. The molecule has 1 saturated carbocycles. The summed E-state index contributed by atoms with van der Waals surface area (Å²) in [6, 6.07) is 0. The van der Waals surface area contributed by atoms with E-state index in [4.69, 9.17) is 0 Å². The molecule has 0 nitrogen and oxygen atoms in total. The maximum Gasteiger partial charge on any atom is 0.00894 e. The molecule has 0 aromatic heterocycles. The van der Waals surface area contributed by atoms with Gasteiger partial charge < -0.3 is 0 Å². The molecular formula is C13H17. The summed E-state index contributed by atoms with van der Waals surface area (Å²) >= 11 is 0. The van der Waals surface area contributed by atoms with Crippen molar-refractivity contribution in [3.8, 4) is 0 Å². The molecule has 0 aliphatic heterocycles. The van der Waals surface area contributed by atoms with E-state index in [9.17, 15) is 0 Å². The second-order valence-electron chi connectivity index (χ2n) is 4.70. The Morgan fingerprint density at radius 1 is 1.08 bits per heavy atom. The van der Waals surface area contributed by atoms with Crippen LogP contribution >= 0.6 is 0 Å². The predicted octanol–water partition coefficient (Wildman–Crippen LogP) is 3.66. The molecule has 2 atom stereocenters. The molecule has 1 radical (unpaired) electrons. The van der Waals surface area contributed by atoms with Crippen LogP contribution in [-0.4, -0.2) is 0 Å². The fourth-order valence-electron chi connectivity index (χ4n) is 3.36. The minimum absolute atomic E-state index is 0.937. The standard InChI is InChI=1S/C13H17/c1-2-6-12-10(4-1)8-9-11-5-3-7-13(11)12/h3,5,7,10,12H,1-2,4,6,8-9H2. The molecule has 3 aliphatic rings. The molecule has 0 heterocycles. The maximum absolute atomic E-state index is 2.37. The van der Waals surface area contributed by atoms with Gasteiger partial charge in [0.2, 0.25) is 0 Å². The van der Waals surface area contributed by atoms with Gasteiger partial charge in [-0.05, 0) is 43.1 Å². The van der Waals surface area contributed by atoms with Gasteiger partial charge in [0.15, 0.2) is 0 Å². The lowest BCUT2D eigenvalue weighted by Crippen LogP contribution is -2.24. The van der Waals surface area contributed by atoms with Crippen LogP contribution < -0.4 is 0 Å². The molecule has 0 aromatic carbocycles. The van der Waals surface area contributed by atoms with Crippen molar-refractivity contribution in [1.29, 1.82) is 0 Å². The van der Waals surface area contributed by atoms with Crippen molar-refractivity contribution in [1.82, 2.24) is 0 Å². The van der Waals surface area contributed by atoms with E-state index in [1.807, 2.05) is 0 Å². The lowest BCUT2D eigenvalue weighted by atomic mass is 9.68. The second kappa shape index (κ2) is 3.01. The molecule has 2 unspecified atom stereocenters. The van der Waals surface area contributed by atoms with Crippen molar-refractivity contribution in [3.63, 3.8) is 0 Å². The zero-order valence-electron chi connectivity index (χ0n) is 8.13. The molecule has 3 aliphatic carbocycles.